The molecule has 108 valence electrons. The second kappa shape index (κ2) is 4.94. The number of halogens is 2. The van der Waals surface area contributed by atoms with Gasteiger partial charge in [-0.15, -0.1) is 0 Å². The van der Waals surface area contributed by atoms with E-state index in [0.29, 0.717) is 17.2 Å². The normalized spacial score (nSPS) is 12.8. The highest BCUT2D eigenvalue weighted by Gasteiger charge is 2.19. The van der Waals surface area contributed by atoms with Crippen LogP contribution in [0.1, 0.15) is 18.8 Å². The Morgan fingerprint density at radius 1 is 1.43 bits per heavy atom. The Morgan fingerprint density at radius 2 is 2.19 bits per heavy atom. The van der Waals surface area contributed by atoms with Crippen molar-refractivity contribution in [1.82, 2.24) is 19.7 Å². The lowest BCUT2D eigenvalue weighted by Crippen LogP contribution is -2.28. The molecule has 0 fully saturated rings. The molecule has 3 N–H and O–H groups in total. The molecule has 2 aromatic heterocycles. The van der Waals surface area contributed by atoms with Crippen LogP contribution in [0, 0.1) is 5.82 Å². The Kier molecular flexibility index (Phi) is 3.23. The van der Waals surface area contributed by atoms with E-state index in [1.165, 1.54) is 22.9 Å². The van der Waals surface area contributed by atoms with Crippen molar-refractivity contribution in [3.8, 4) is 5.82 Å². The largest absolute Gasteiger partial charge is 0.322 e. The third-order valence-corrected chi connectivity index (χ3v) is 3.46. The van der Waals surface area contributed by atoms with Crippen LogP contribution in [0.3, 0.4) is 0 Å². The van der Waals surface area contributed by atoms with Gasteiger partial charge < -0.3 is 5.73 Å². The van der Waals surface area contributed by atoms with Crippen LogP contribution >= 0.6 is 11.6 Å². The first-order valence-corrected chi connectivity index (χ1v) is 6.54. The third kappa shape index (κ3) is 2.10. The van der Waals surface area contributed by atoms with Crippen LogP contribution in [-0.4, -0.2) is 19.7 Å². The van der Waals surface area contributed by atoms with E-state index in [1.54, 1.807) is 13.0 Å². The number of aromatic amines is 1. The summed E-state index contributed by atoms with van der Waals surface area (Å²) in [5, 5.41) is 6.22. The number of H-pyrrole nitrogens is 1. The van der Waals surface area contributed by atoms with Crippen LogP contribution in [0.2, 0.25) is 5.02 Å². The molecule has 1 atom stereocenters. The Bertz CT molecular complexity index is 872. The lowest BCUT2D eigenvalue weighted by Gasteiger charge is -2.14. The van der Waals surface area contributed by atoms with Crippen molar-refractivity contribution in [1.29, 1.82) is 0 Å². The number of nitrogens with zero attached hydrogens (tertiary/aromatic N) is 3. The van der Waals surface area contributed by atoms with Gasteiger partial charge in [0.1, 0.15) is 17.5 Å². The minimum absolute atomic E-state index is 0.00988. The van der Waals surface area contributed by atoms with E-state index >= 15 is 0 Å². The summed E-state index contributed by atoms with van der Waals surface area (Å²) in [5.41, 5.74) is 5.69. The standard InChI is InChI=1S/C13H11ClFN5O/c1-6(16)12-18-8-3-2-7(15)11(14)10(8)13(21)20(12)9-4-5-17-19-9/h2-6H,16H2,1H3,(H,17,19). The van der Waals surface area contributed by atoms with Crippen LogP contribution in [0.5, 0.6) is 0 Å². The average molecular weight is 308 g/mol. The Labute approximate surface area is 123 Å². The van der Waals surface area contributed by atoms with Crippen molar-refractivity contribution in [2.45, 2.75) is 13.0 Å². The number of nitrogens with one attached hydrogen (secondary N) is 1. The summed E-state index contributed by atoms with van der Waals surface area (Å²) in [6, 6.07) is 3.66. The molecule has 0 amide bonds. The maximum atomic E-state index is 13.6. The maximum absolute atomic E-state index is 13.6. The van der Waals surface area contributed by atoms with Gasteiger partial charge in [0.25, 0.3) is 5.56 Å². The van der Waals surface area contributed by atoms with Gasteiger partial charge in [-0.05, 0) is 19.1 Å². The number of nitrogens with two attached hydrogens (primary N) is 1. The molecule has 0 aliphatic carbocycles. The molecule has 1 aromatic carbocycles. The first-order valence-electron chi connectivity index (χ1n) is 6.16. The number of hydrogen-bond donors (Lipinski definition) is 2. The predicted octanol–water partition coefficient (Wildman–Crippen LogP) is 1.92. The second-order valence-electron chi connectivity index (χ2n) is 4.60. The minimum atomic E-state index is -0.673. The van der Waals surface area contributed by atoms with Crippen molar-refractivity contribution in [3.05, 3.63) is 51.4 Å². The summed E-state index contributed by atoms with van der Waals surface area (Å²) in [7, 11) is 0. The monoisotopic (exact) mass is 307 g/mol. The van der Waals surface area contributed by atoms with Crippen LogP contribution in [0.15, 0.2) is 29.2 Å². The first kappa shape index (κ1) is 13.7. The van der Waals surface area contributed by atoms with Crippen molar-refractivity contribution in [2.24, 2.45) is 5.73 Å². The van der Waals surface area contributed by atoms with Crippen molar-refractivity contribution >= 4 is 22.5 Å². The highest BCUT2D eigenvalue weighted by molar-refractivity contribution is 6.35. The number of benzene rings is 1. The molecule has 0 saturated heterocycles. The zero-order chi connectivity index (χ0) is 15.1. The summed E-state index contributed by atoms with van der Waals surface area (Å²) in [4.78, 5) is 17.0. The number of hydrogen-bond acceptors (Lipinski definition) is 4. The average Bonchev–Trinajstić information content (AvgIpc) is 2.96. The molecule has 6 nitrogen and oxygen atoms in total. The van der Waals surface area contributed by atoms with E-state index in [-0.39, 0.29) is 10.4 Å². The van der Waals surface area contributed by atoms with Crippen LogP contribution in [0.25, 0.3) is 16.7 Å². The van der Waals surface area contributed by atoms with E-state index in [0.717, 1.165) is 0 Å². The summed E-state index contributed by atoms with van der Waals surface area (Å²) >= 11 is 5.91. The number of aromatic nitrogens is 4. The molecular formula is C13H11ClFN5O. The molecule has 0 aliphatic heterocycles. The van der Waals surface area contributed by atoms with Gasteiger partial charge in [-0.1, -0.05) is 11.6 Å². The van der Waals surface area contributed by atoms with Gasteiger partial charge in [0.15, 0.2) is 0 Å². The van der Waals surface area contributed by atoms with Crippen LogP contribution < -0.4 is 11.3 Å². The minimum Gasteiger partial charge on any atom is -0.322 e. The quantitative estimate of drug-likeness (QED) is 0.757. The van der Waals surface area contributed by atoms with Gasteiger partial charge in [0, 0.05) is 6.07 Å². The lowest BCUT2D eigenvalue weighted by molar-refractivity contribution is 0.629. The van der Waals surface area contributed by atoms with Crippen molar-refractivity contribution in [2.75, 3.05) is 0 Å². The fourth-order valence-electron chi connectivity index (χ4n) is 2.14. The van der Waals surface area contributed by atoms with Crippen molar-refractivity contribution in [3.63, 3.8) is 0 Å². The van der Waals surface area contributed by atoms with E-state index in [9.17, 15) is 9.18 Å². The van der Waals surface area contributed by atoms with Crippen LogP contribution in [-0.2, 0) is 0 Å². The topological polar surface area (TPSA) is 89.6 Å². The molecule has 0 saturated carbocycles. The van der Waals surface area contributed by atoms with Gasteiger partial charge in [-0.2, -0.15) is 5.10 Å². The van der Waals surface area contributed by atoms with E-state index in [1.807, 2.05) is 0 Å². The van der Waals surface area contributed by atoms with E-state index in [4.69, 9.17) is 17.3 Å². The predicted molar refractivity (Wildman–Crippen MR) is 77.1 cm³/mol. The highest BCUT2D eigenvalue weighted by Crippen LogP contribution is 2.24. The summed E-state index contributed by atoms with van der Waals surface area (Å²) in [5.74, 6) is 0.0502. The smallest absolute Gasteiger partial charge is 0.268 e. The molecule has 0 aliphatic rings. The molecular weight excluding hydrogens is 297 g/mol. The fourth-order valence-corrected chi connectivity index (χ4v) is 2.38. The highest BCUT2D eigenvalue weighted by atomic mass is 35.5. The third-order valence-electron chi connectivity index (χ3n) is 3.09. The van der Waals surface area contributed by atoms with E-state index < -0.39 is 17.4 Å². The second-order valence-corrected chi connectivity index (χ2v) is 4.97. The molecule has 2 heterocycles. The van der Waals surface area contributed by atoms with Gasteiger partial charge in [-0.3, -0.25) is 9.89 Å². The Morgan fingerprint density at radius 3 is 2.81 bits per heavy atom. The maximum Gasteiger partial charge on any atom is 0.268 e. The van der Waals surface area contributed by atoms with Gasteiger partial charge in [0.05, 0.1) is 28.2 Å². The lowest BCUT2D eigenvalue weighted by atomic mass is 10.2. The summed E-state index contributed by atoms with van der Waals surface area (Å²) in [6.45, 7) is 1.70. The molecule has 21 heavy (non-hydrogen) atoms. The molecule has 1 unspecified atom stereocenters. The summed E-state index contributed by atoms with van der Waals surface area (Å²) in [6.07, 6.45) is 1.49. The molecule has 0 bridgehead atoms. The SMILES string of the molecule is CC(N)c1nc2ccc(F)c(Cl)c2c(=O)n1-c1ccn[nH]1. The Hall–Kier alpha value is -2.25. The van der Waals surface area contributed by atoms with E-state index in [2.05, 4.69) is 15.2 Å². The fraction of sp³-hybridized carbons (Fsp3) is 0.154. The van der Waals surface area contributed by atoms with Crippen molar-refractivity contribution < 1.29 is 4.39 Å². The summed E-state index contributed by atoms with van der Waals surface area (Å²) < 4.78 is 14.9. The number of rotatable bonds is 2. The number of fused-ring (bicyclic) bond motifs is 1. The molecule has 0 spiro atoms. The molecule has 3 rings (SSSR count). The zero-order valence-corrected chi connectivity index (χ0v) is 11.7. The molecule has 8 heteroatoms. The van der Waals surface area contributed by atoms with Gasteiger partial charge in [0.2, 0.25) is 0 Å². The van der Waals surface area contributed by atoms with Gasteiger partial charge >= 0.3 is 0 Å². The molecule has 3 aromatic rings. The first-order chi connectivity index (χ1) is 10.0. The Balaban J connectivity index is 2.50. The molecule has 0 radical (unpaired) electrons. The van der Waals surface area contributed by atoms with Gasteiger partial charge in [-0.25, -0.2) is 13.9 Å². The van der Waals surface area contributed by atoms with Crippen LogP contribution in [0.4, 0.5) is 4.39 Å². The zero-order valence-electron chi connectivity index (χ0n) is 11.0.